The van der Waals surface area contributed by atoms with Crippen LogP contribution in [0.4, 0.5) is 0 Å². The minimum atomic E-state index is 0.193. The lowest BCUT2D eigenvalue weighted by atomic mass is 10.0. The lowest BCUT2D eigenvalue weighted by Crippen LogP contribution is -2.35. The van der Waals surface area contributed by atoms with Crippen molar-refractivity contribution in [2.24, 2.45) is 0 Å². The maximum Gasteiger partial charge on any atom is 0.248 e. The summed E-state index contributed by atoms with van der Waals surface area (Å²) in [6.45, 7) is 9.25. The first-order valence-corrected chi connectivity index (χ1v) is 16.1. The van der Waals surface area contributed by atoms with Gasteiger partial charge >= 0.3 is 0 Å². The average molecular weight is 496 g/mol. The Kier molecular flexibility index (Phi) is 29.2. The predicted octanol–water partition coefficient (Wildman–Crippen LogP) is 10.3. The van der Waals surface area contributed by atoms with Crippen LogP contribution in [0.15, 0.2) is 0 Å². The maximum absolute atomic E-state index is 12.6. The van der Waals surface area contributed by atoms with Gasteiger partial charge in [-0.1, -0.05) is 155 Å². The van der Waals surface area contributed by atoms with E-state index < -0.39 is 0 Å². The lowest BCUT2D eigenvalue weighted by molar-refractivity contribution is -0.136. The number of carbonyl (C=O) groups is 1. The molecule has 3 nitrogen and oxygen atoms in total. The monoisotopic (exact) mass is 496 g/mol. The summed E-state index contributed by atoms with van der Waals surface area (Å²) in [6.07, 6.45) is 32.7. The molecular formula is C32H65NO2. The first-order chi connectivity index (χ1) is 17.3. The van der Waals surface area contributed by atoms with Gasteiger partial charge in [0.2, 0.25) is 5.91 Å². The van der Waals surface area contributed by atoms with Crippen LogP contribution in [-0.2, 0) is 9.53 Å². The van der Waals surface area contributed by atoms with Gasteiger partial charge < -0.3 is 9.64 Å². The van der Waals surface area contributed by atoms with Gasteiger partial charge in [0.15, 0.2) is 0 Å². The van der Waals surface area contributed by atoms with Gasteiger partial charge in [0.05, 0.1) is 0 Å². The molecule has 0 aromatic heterocycles. The molecule has 0 aliphatic rings. The molecule has 0 heterocycles. The van der Waals surface area contributed by atoms with Crippen LogP contribution in [0.3, 0.4) is 0 Å². The van der Waals surface area contributed by atoms with E-state index in [1.165, 1.54) is 141 Å². The zero-order valence-corrected chi connectivity index (χ0v) is 24.6. The van der Waals surface area contributed by atoms with Crippen LogP contribution in [0.1, 0.15) is 175 Å². The fraction of sp³-hybridized carbons (Fsp3) is 0.969. The smallest absolute Gasteiger partial charge is 0.248 e. The lowest BCUT2D eigenvalue weighted by Gasteiger charge is -2.23. The number of carbonyl (C=O) groups excluding carboxylic acids is 1. The van der Waals surface area contributed by atoms with E-state index in [4.69, 9.17) is 4.74 Å². The zero-order valence-electron chi connectivity index (χ0n) is 24.6. The zero-order chi connectivity index (χ0) is 25.7. The standard InChI is InChI=1S/C32H65NO2/c1-4-7-9-11-13-15-17-19-21-23-25-27-29-33(32(34)31-35-6-3)30-28-26-24-22-20-18-16-14-12-10-8-5-2/h4-31H2,1-3H3. The Morgan fingerprint density at radius 1 is 0.457 bits per heavy atom. The molecule has 0 fully saturated rings. The van der Waals surface area contributed by atoms with E-state index in [0.717, 1.165) is 25.9 Å². The van der Waals surface area contributed by atoms with Crippen LogP contribution in [0.25, 0.3) is 0 Å². The SMILES string of the molecule is CCCCCCCCCCCCCCN(CCCCCCCCCCCCCC)C(=O)COCC. The number of rotatable bonds is 29. The van der Waals surface area contributed by atoms with Gasteiger partial charge in [0.25, 0.3) is 0 Å². The molecule has 0 atom stereocenters. The number of amides is 1. The summed E-state index contributed by atoms with van der Waals surface area (Å²) in [5.74, 6) is 0.193. The number of nitrogens with zero attached hydrogens (tertiary/aromatic N) is 1. The van der Waals surface area contributed by atoms with Gasteiger partial charge in [-0.25, -0.2) is 0 Å². The molecule has 0 rings (SSSR count). The van der Waals surface area contributed by atoms with E-state index in [-0.39, 0.29) is 12.5 Å². The summed E-state index contributed by atoms with van der Waals surface area (Å²) >= 11 is 0. The molecule has 210 valence electrons. The van der Waals surface area contributed by atoms with Gasteiger partial charge in [-0.05, 0) is 19.8 Å². The molecule has 0 aromatic rings. The van der Waals surface area contributed by atoms with Gasteiger partial charge in [-0.2, -0.15) is 0 Å². The van der Waals surface area contributed by atoms with Crippen molar-refractivity contribution >= 4 is 5.91 Å². The Labute approximate surface area is 221 Å². The minimum Gasteiger partial charge on any atom is -0.372 e. The highest BCUT2D eigenvalue weighted by atomic mass is 16.5. The van der Waals surface area contributed by atoms with Crippen molar-refractivity contribution in [3.05, 3.63) is 0 Å². The van der Waals surface area contributed by atoms with E-state index in [1.807, 2.05) is 6.92 Å². The number of ether oxygens (including phenoxy) is 1. The molecule has 35 heavy (non-hydrogen) atoms. The molecule has 0 unspecified atom stereocenters. The third-order valence-corrected chi connectivity index (χ3v) is 7.35. The largest absolute Gasteiger partial charge is 0.372 e. The molecule has 0 bridgehead atoms. The van der Waals surface area contributed by atoms with E-state index in [0.29, 0.717) is 6.61 Å². The summed E-state index contributed by atoms with van der Waals surface area (Å²) in [7, 11) is 0. The number of hydrogen-bond acceptors (Lipinski definition) is 2. The van der Waals surface area contributed by atoms with Crippen LogP contribution >= 0.6 is 0 Å². The summed E-state index contributed by atoms with van der Waals surface area (Å²) in [4.78, 5) is 14.7. The van der Waals surface area contributed by atoms with Crippen molar-refractivity contribution in [2.75, 3.05) is 26.3 Å². The van der Waals surface area contributed by atoms with Crippen molar-refractivity contribution in [1.82, 2.24) is 4.90 Å². The number of hydrogen-bond donors (Lipinski definition) is 0. The quantitative estimate of drug-likeness (QED) is 0.0966. The third kappa shape index (κ3) is 26.3. The Morgan fingerprint density at radius 3 is 1.03 bits per heavy atom. The van der Waals surface area contributed by atoms with E-state index in [1.54, 1.807) is 0 Å². The Bertz CT molecular complexity index is 384. The van der Waals surface area contributed by atoms with Crippen LogP contribution in [-0.4, -0.2) is 37.1 Å². The second-order valence-electron chi connectivity index (χ2n) is 10.8. The molecule has 0 saturated heterocycles. The van der Waals surface area contributed by atoms with Crippen LogP contribution in [0, 0.1) is 0 Å². The average Bonchev–Trinajstić information content (AvgIpc) is 2.87. The first kappa shape index (κ1) is 34.4. The molecule has 0 aliphatic carbocycles. The first-order valence-electron chi connectivity index (χ1n) is 16.1. The highest BCUT2D eigenvalue weighted by Gasteiger charge is 2.12. The van der Waals surface area contributed by atoms with Crippen LogP contribution in [0.2, 0.25) is 0 Å². The van der Waals surface area contributed by atoms with E-state index in [2.05, 4.69) is 18.7 Å². The number of unbranched alkanes of at least 4 members (excludes halogenated alkanes) is 22. The van der Waals surface area contributed by atoms with Crippen molar-refractivity contribution in [3.8, 4) is 0 Å². The van der Waals surface area contributed by atoms with Gasteiger partial charge in [-0.15, -0.1) is 0 Å². The fourth-order valence-corrected chi connectivity index (χ4v) is 4.93. The molecule has 0 radical (unpaired) electrons. The van der Waals surface area contributed by atoms with Crippen molar-refractivity contribution in [3.63, 3.8) is 0 Å². The van der Waals surface area contributed by atoms with Crippen LogP contribution < -0.4 is 0 Å². The second kappa shape index (κ2) is 29.7. The van der Waals surface area contributed by atoms with Crippen molar-refractivity contribution in [2.45, 2.75) is 175 Å². The predicted molar refractivity (Wildman–Crippen MR) is 155 cm³/mol. The molecule has 0 saturated carbocycles. The van der Waals surface area contributed by atoms with E-state index in [9.17, 15) is 4.79 Å². The normalized spacial score (nSPS) is 11.3. The summed E-state index contributed by atoms with van der Waals surface area (Å²) < 4.78 is 5.41. The fourth-order valence-electron chi connectivity index (χ4n) is 4.93. The van der Waals surface area contributed by atoms with E-state index >= 15 is 0 Å². The molecular weight excluding hydrogens is 430 g/mol. The maximum atomic E-state index is 12.6. The Morgan fingerprint density at radius 2 is 0.743 bits per heavy atom. The molecule has 0 aromatic carbocycles. The molecule has 0 spiro atoms. The summed E-state index contributed by atoms with van der Waals surface area (Å²) in [5, 5.41) is 0. The topological polar surface area (TPSA) is 29.5 Å². The highest BCUT2D eigenvalue weighted by Crippen LogP contribution is 2.14. The summed E-state index contributed by atoms with van der Waals surface area (Å²) in [5.41, 5.74) is 0. The van der Waals surface area contributed by atoms with Crippen LogP contribution in [0.5, 0.6) is 0 Å². The summed E-state index contributed by atoms with van der Waals surface area (Å²) in [6, 6.07) is 0. The third-order valence-electron chi connectivity index (χ3n) is 7.35. The van der Waals surface area contributed by atoms with Crippen molar-refractivity contribution in [1.29, 1.82) is 0 Å². The van der Waals surface area contributed by atoms with Crippen molar-refractivity contribution < 1.29 is 9.53 Å². The molecule has 3 heteroatoms. The van der Waals surface area contributed by atoms with Gasteiger partial charge in [0.1, 0.15) is 6.61 Å². The minimum absolute atomic E-state index is 0.193. The molecule has 1 amide bonds. The second-order valence-corrected chi connectivity index (χ2v) is 10.8. The van der Waals surface area contributed by atoms with Gasteiger partial charge in [0, 0.05) is 19.7 Å². The molecule has 0 N–H and O–H groups in total. The van der Waals surface area contributed by atoms with Gasteiger partial charge in [-0.3, -0.25) is 4.79 Å². The highest BCUT2D eigenvalue weighted by molar-refractivity contribution is 5.77. The Balaban J connectivity index is 3.75. The molecule has 0 aliphatic heterocycles. The Hall–Kier alpha value is -0.570.